The van der Waals surface area contributed by atoms with Crippen LogP contribution in [0, 0.1) is 0 Å². The van der Waals surface area contributed by atoms with Crippen molar-refractivity contribution >= 4 is 40.6 Å². The third kappa shape index (κ3) is 15.7. The molecule has 0 saturated heterocycles. The maximum atomic E-state index is 9.21. The zero-order valence-electron chi connectivity index (χ0n) is 5.28. The van der Waals surface area contributed by atoms with Gasteiger partial charge in [0.15, 0.2) is 0 Å². The average molecular weight is 200 g/mol. The van der Waals surface area contributed by atoms with Gasteiger partial charge in [0, 0.05) is 18.5 Å². The van der Waals surface area contributed by atoms with Crippen LogP contribution in [-0.2, 0) is 4.79 Å². The van der Waals surface area contributed by atoms with Gasteiger partial charge in [-0.2, -0.15) is 0 Å². The second-order valence-electron chi connectivity index (χ2n) is 1.15. The van der Waals surface area contributed by atoms with Crippen molar-refractivity contribution in [1.29, 1.82) is 0 Å². The van der Waals surface area contributed by atoms with E-state index < -0.39 is 0 Å². The molecule has 0 aliphatic rings. The maximum absolute atomic E-state index is 9.21. The van der Waals surface area contributed by atoms with E-state index in [9.17, 15) is 4.79 Å². The van der Waals surface area contributed by atoms with Crippen LogP contribution in [0.2, 0.25) is 0 Å². The SMILES string of the molecule is CC(=O)Cl.Cl.c1cscn1. The van der Waals surface area contributed by atoms with Crippen molar-refractivity contribution < 1.29 is 4.79 Å². The highest BCUT2D eigenvalue weighted by molar-refractivity contribution is 7.07. The van der Waals surface area contributed by atoms with E-state index in [4.69, 9.17) is 0 Å². The van der Waals surface area contributed by atoms with E-state index in [1.54, 1.807) is 23.0 Å². The summed E-state index contributed by atoms with van der Waals surface area (Å²) >= 11 is 6.24. The van der Waals surface area contributed by atoms with E-state index in [1.807, 2.05) is 5.38 Å². The van der Waals surface area contributed by atoms with E-state index in [1.165, 1.54) is 6.92 Å². The summed E-state index contributed by atoms with van der Waals surface area (Å²) in [6.07, 6.45) is 1.77. The minimum absolute atomic E-state index is 0. The highest BCUT2D eigenvalue weighted by atomic mass is 35.5. The third-order valence-corrected chi connectivity index (χ3v) is 0.869. The molecule has 0 spiro atoms. The zero-order valence-corrected chi connectivity index (χ0v) is 7.67. The Labute approximate surface area is 74.6 Å². The molecule has 0 aliphatic carbocycles. The zero-order chi connectivity index (χ0) is 7.11. The number of carbonyl (C=O) groups is 1. The van der Waals surface area contributed by atoms with Gasteiger partial charge in [0.1, 0.15) is 0 Å². The number of rotatable bonds is 0. The number of hydrogen-bond donors (Lipinski definition) is 0. The monoisotopic (exact) mass is 199 g/mol. The van der Waals surface area contributed by atoms with Gasteiger partial charge in [0.25, 0.3) is 0 Å². The first-order valence-electron chi connectivity index (χ1n) is 2.21. The second-order valence-corrected chi connectivity index (χ2v) is 2.43. The number of hydrogen-bond acceptors (Lipinski definition) is 3. The van der Waals surface area contributed by atoms with Gasteiger partial charge in [0.05, 0.1) is 5.51 Å². The summed E-state index contributed by atoms with van der Waals surface area (Å²) in [4.78, 5) is 13.0. The van der Waals surface area contributed by atoms with Crippen molar-refractivity contribution in [3.05, 3.63) is 17.1 Å². The molecule has 2 nitrogen and oxygen atoms in total. The fraction of sp³-hybridized carbons (Fsp3) is 0.200. The summed E-state index contributed by atoms with van der Waals surface area (Å²) in [5, 5.41) is 1.57. The maximum Gasteiger partial charge on any atom is 0.218 e. The molecule has 0 unspecified atom stereocenters. The topological polar surface area (TPSA) is 30.0 Å². The van der Waals surface area contributed by atoms with Crippen LogP contribution in [0.25, 0.3) is 0 Å². The minimum atomic E-state index is -0.361. The molecular formula is C5H7Cl2NOS. The molecule has 0 N–H and O–H groups in total. The van der Waals surface area contributed by atoms with E-state index in [-0.39, 0.29) is 17.6 Å². The van der Waals surface area contributed by atoms with Crippen LogP contribution >= 0.6 is 35.3 Å². The number of halogens is 2. The summed E-state index contributed by atoms with van der Waals surface area (Å²) in [6.45, 7) is 1.29. The molecule has 1 rings (SSSR count). The van der Waals surface area contributed by atoms with E-state index in [0.29, 0.717) is 0 Å². The third-order valence-electron chi connectivity index (χ3n) is 0.347. The molecule has 1 aromatic heterocycles. The molecule has 0 amide bonds. The Morgan fingerprint density at radius 1 is 1.70 bits per heavy atom. The Morgan fingerprint density at radius 2 is 2.20 bits per heavy atom. The van der Waals surface area contributed by atoms with E-state index in [0.717, 1.165) is 0 Å². The Hall–Kier alpha value is -0.120. The number of nitrogens with zero attached hydrogens (tertiary/aromatic N) is 1. The molecule has 1 aromatic rings. The number of carbonyl (C=O) groups excluding carboxylic acids is 1. The van der Waals surface area contributed by atoms with Crippen LogP contribution in [0.3, 0.4) is 0 Å². The van der Waals surface area contributed by atoms with Gasteiger partial charge in [-0.25, -0.2) is 0 Å². The van der Waals surface area contributed by atoms with Gasteiger partial charge in [-0.1, -0.05) is 0 Å². The fourth-order valence-corrected chi connectivity index (χ4v) is 0.527. The molecular weight excluding hydrogens is 193 g/mol. The highest BCUT2D eigenvalue weighted by Crippen LogP contribution is 1.85. The van der Waals surface area contributed by atoms with Crippen molar-refractivity contribution in [3.63, 3.8) is 0 Å². The molecule has 0 aliphatic heterocycles. The molecule has 10 heavy (non-hydrogen) atoms. The molecule has 58 valence electrons. The minimum Gasteiger partial charge on any atom is -0.282 e. The van der Waals surface area contributed by atoms with Crippen molar-refractivity contribution in [2.45, 2.75) is 6.92 Å². The Bertz CT molecular complexity index is 133. The molecule has 0 bridgehead atoms. The van der Waals surface area contributed by atoms with Gasteiger partial charge in [-0.15, -0.1) is 23.7 Å². The number of aromatic nitrogens is 1. The van der Waals surface area contributed by atoms with Crippen LogP contribution in [0.1, 0.15) is 6.92 Å². The van der Waals surface area contributed by atoms with Crippen LogP contribution in [-0.4, -0.2) is 10.2 Å². The van der Waals surface area contributed by atoms with Crippen LogP contribution in [0.5, 0.6) is 0 Å². The lowest BCUT2D eigenvalue weighted by Crippen LogP contribution is -1.62. The van der Waals surface area contributed by atoms with Crippen molar-refractivity contribution in [2.75, 3.05) is 0 Å². The average Bonchev–Trinajstić information content (AvgIpc) is 2.11. The molecule has 0 fully saturated rings. The van der Waals surface area contributed by atoms with Crippen molar-refractivity contribution in [1.82, 2.24) is 4.98 Å². The Morgan fingerprint density at radius 3 is 2.30 bits per heavy atom. The van der Waals surface area contributed by atoms with Gasteiger partial charge in [-0.3, -0.25) is 9.78 Å². The predicted molar refractivity (Wildman–Crippen MR) is 45.9 cm³/mol. The first-order valence-corrected chi connectivity index (χ1v) is 3.54. The lowest BCUT2D eigenvalue weighted by atomic mass is 10.9. The normalized spacial score (nSPS) is 6.60. The van der Waals surface area contributed by atoms with Gasteiger partial charge < -0.3 is 0 Å². The number of thiazole rings is 1. The molecule has 5 heteroatoms. The molecule has 0 atom stereocenters. The van der Waals surface area contributed by atoms with Crippen LogP contribution in [0.4, 0.5) is 0 Å². The van der Waals surface area contributed by atoms with Gasteiger partial charge in [-0.05, 0) is 11.6 Å². The van der Waals surface area contributed by atoms with Gasteiger partial charge in [0.2, 0.25) is 5.24 Å². The summed E-state index contributed by atoms with van der Waals surface area (Å²) in [7, 11) is 0. The largest absolute Gasteiger partial charge is 0.282 e. The second kappa shape index (κ2) is 8.88. The first kappa shape index (κ1) is 12.5. The van der Waals surface area contributed by atoms with Crippen molar-refractivity contribution in [2.24, 2.45) is 0 Å². The first-order chi connectivity index (χ1) is 4.23. The summed E-state index contributed by atoms with van der Waals surface area (Å²) in [6, 6.07) is 0. The van der Waals surface area contributed by atoms with Crippen LogP contribution < -0.4 is 0 Å². The highest BCUT2D eigenvalue weighted by Gasteiger charge is 1.67. The van der Waals surface area contributed by atoms with Crippen molar-refractivity contribution in [3.8, 4) is 0 Å². The smallest absolute Gasteiger partial charge is 0.218 e. The Kier molecular flexibility index (Phi) is 11.1. The quantitative estimate of drug-likeness (QED) is 0.601. The molecule has 0 saturated carbocycles. The summed E-state index contributed by atoms with van der Waals surface area (Å²) in [5.41, 5.74) is 1.79. The molecule has 0 aromatic carbocycles. The standard InChI is InChI=1S/C3H3NS.C2H3ClO.ClH/c1-2-5-3-4-1;1-2(3)4;/h1-3H;1H3;1H. The summed E-state index contributed by atoms with van der Waals surface area (Å²) < 4.78 is 0. The molecule has 0 radical (unpaired) electrons. The lowest BCUT2D eigenvalue weighted by molar-refractivity contribution is -0.109. The predicted octanol–water partition coefficient (Wildman–Crippen LogP) is 2.34. The fourth-order valence-electron chi connectivity index (χ4n) is 0.176. The summed E-state index contributed by atoms with van der Waals surface area (Å²) in [5.74, 6) is 0. The van der Waals surface area contributed by atoms with Gasteiger partial charge >= 0.3 is 0 Å². The lowest BCUT2D eigenvalue weighted by Gasteiger charge is -1.52. The molecule has 1 heterocycles. The van der Waals surface area contributed by atoms with E-state index >= 15 is 0 Å². The van der Waals surface area contributed by atoms with Crippen LogP contribution in [0.15, 0.2) is 17.1 Å². The van der Waals surface area contributed by atoms with E-state index in [2.05, 4.69) is 16.6 Å². The Balaban J connectivity index is 0.